The molecule has 4 aromatic rings. The van der Waals surface area contributed by atoms with Gasteiger partial charge in [-0.25, -0.2) is 17.7 Å². The van der Waals surface area contributed by atoms with Crippen LogP contribution in [0.5, 0.6) is 0 Å². The second-order valence-electron chi connectivity index (χ2n) is 6.66. The number of amides is 1. The van der Waals surface area contributed by atoms with E-state index < -0.39 is 15.9 Å². The lowest BCUT2D eigenvalue weighted by molar-refractivity contribution is 0.0862. The minimum absolute atomic E-state index is 0.0351. The van der Waals surface area contributed by atoms with E-state index >= 15 is 0 Å². The number of rotatable bonds is 3. The van der Waals surface area contributed by atoms with Gasteiger partial charge in [0.25, 0.3) is 21.5 Å². The normalized spacial score (nSPS) is 15.0. The number of aromatic amines is 1. The van der Waals surface area contributed by atoms with Crippen molar-refractivity contribution in [1.29, 1.82) is 0 Å². The molecular formula is C20H12BrN3O4S2. The van der Waals surface area contributed by atoms with E-state index in [0.29, 0.717) is 10.2 Å². The second kappa shape index (κ2) is 6.86. The van der Waals surface area contributed by atoms with E-state index in [2.05, 4.69) is 25.9 Å². The summed E-state index contributed by atoms with van der Waals surface area (Å²) in [6.07, 6.45) is 0. The molecule has 150 valence electrons. The number of thiophene rings is 1. The molecule has 0 bridgehead atoms. The molecule has 2 aromatic heterocycles. The first-order valence-electron chi connectivity index (χ1n) is 8.79. The zero-order valence-electron chi connectivity index (χ0n) is 15.1. The first-order valence-corrected chi connectivity index (χ1v) is 11.9. The predicted octanol–water partition coefficient (Wildman–Crippen LogP) is 3.76. The maximum Gasteiger partial charge on any atom is 0.269 e. The van der Waals surface area contributed by atoms with E-state index in [-0.39, 0.29) is 28.4 Å². The lowest BCUT2D eigenvalue weighted by atomic mass is 10.1. The molecule has 5 rings (SSSR count). The van der Waals surface area contributed by atoms with Gasteiger partial charge in [-0.05, 0) is 29.8 Å². The fourth-order valence-corrected chi connectivity index (χ4v) is 6.19. The molecular weight excluding hydrogens is 490 g/mol. The number of aromatic nitrogens is 2. The monoisotopic (exact) mass is 501 g/mol. The van der Waals surface area contributed by atoms with Crippen LogP contribution in [-0.4, -0.2) is 28.6 Å². The van der Waals surface area contributed by atoms with Crippen molar-refractivity contribution in [3.8, 4) is 11.1 Å². The summed E-state index contributed by atoms with van der Waals surface area (Å²) in [6, 6.07) is 13.6. The molecule has 0 atom stereocenters. The highest BCUT2D eigenvalue weighted by atomic mass is 79.9. The Morgan fingerprint density at radius 3 is 2.50 bits per heavy atom. The Bertz CT molecular complexity index is 1490. The van der Waals surface area contributed by atoms with Crippen LogP contribution in [0.2, 0.25) is 0 Å². The van der Waals surface area contributed by atoms with Crippen LogP contribution in [-0.2, 0) is 16.6 Å². The molecule has 1 aliphatic rings. The number of fused-ring (bicyclic) bond motifs is 2. The highest BCUT2D eigenvalue weighted by molar-refractivity contribution is 9.10. The summed E-state index contributed by atoms with van der Waals surface area (Å²) in [4.78, 5) is 32.9. The van der Waals surface area contributed by atoms with Gasteiger partial charge in [0.1, 0.15) is 15.6 Å². The largest absolute Gasteiger partial charge is 0.308 e. The quantitative estimate of drug-likeness (QED) is 0.460. The van der Waals surface area contributed by atoms with Gasteiger partial charge in [-0.2, -0.15) is 0 Å². The summed E-state index contributed by atoms with van der Waals surface area (Å²) in [5.41, 5.74) is 1.36. The Morgan fingerprint density at radius 1 is 1.03 bits per heavy atom. The predicted molar refractivity (Wildman–Crippen MR) is 117 cm³/mol. The van der Waals surface area contributed by atoms with Gasteiger partial charge in [-0.3, -0.25) is 9.59 Å². The molecule has 1 N–H and O–H groups in total. The molecule has 3 heterocycles. The van der Waals surface area contributed by atoms with Crippen molar-refractivity contribution in [2.24, 2.45) is 0 Å². The molecule has 0 radical (unpaired) electrons. The van der Waals surface area contributed by atoms with Crippen molar-refractivity contribution in [2.75, 3.05) is 0 Å². The van der Waals surface area contributed by atoms with Crippen LogP contribution in [0.4, 0.5) is 0 Å². The van der Waals surface area contributed by atoms with Crippen molar-refractivity contribution >= 4 is 53.4 Å². The van der Waals surface area contributed by atoms with Crippen molar-refractivity contribution in [3.63, 3.8) is 0 Å². The van der Waals surface area contributed by atoms with Crippen LogP contribution < -0.4 is 5.56 Å². The fraction of sp³-hybridized carbons (Fsp3) is 0.0500. The molecule has 2 aromatic carbocycles. The Kier molecular flexibility index (Phi) is 4.38. The number of benzene rings is 2. The molecule has 0 aliphatic carbocycles. The zero-order chi connectivity index (χ0) is 21.0. The molecule has 1 aliphatic heterocycles. The van der Waals surface area contributed by atoms with Crippen LogP contribution in [0.15, 0.2) is 68.1 Å². The number of halogens is 1. The molecule has 0 saturated carbocycles. The highest BCUT2D eigenvalue weighted by Gasteiger charge is 2.41. The summed E-state index contributed by atoms with van der Waals surface area (Å²) < 4.78 is 27.2. The SMILES string of the molecule is O=C1c2ccccc2S(=O)(=O)N1Cc1nc2scc(-c3ccc(Br)cc3)c2c(=O)[nH]1. The van der Waals surface area contributed by atoms with Gasteiger partial charge in [-0.15, -0.1) is 11.3 Å². The van der Waals surface area contributed by atoms with Gasteiger partial charge in [0.2, 0.25) is 0 Å². The number of carbonyl (C=O) groups is 1. The van der Waals surface area contributed by atoms with Crippen LogP contribution >= 0.6 is 27.3 Å². The Hall–Kier alpha value is -2.82. The van der Waals surface area contributed by atoms with Gasteiger partial charge < -0.3 is 4.98 Å². The lowest BCUT2D eigenvalue weighted by Gasteiger charge is -2.14. The molecule has 30 heavy (non-hydrogen) atoms. The minimum Gasteiger partial charge on any atom is -0.308 e. The third kappa shape index (κ3) is 2.91. The maximum absolute atomic E-state index is 12.8. The number of hydrogen-bond donors (Lipinski definition) is 1. The molecule has 0 unspecified atom stereocenters. The maximum atomic E-state index is 12.8. The number of carbonyl (C=O) groups excluding carboxylic acids is 1. The van der Waals surface area contributed by atoms with Gasteiger partial charge in [0.05, 0.1) is 17.5 Å². The molecule has 1 amide bonds. The second-order valence-corrected chi connectivity index (χ2v) is 10.3. The molecule has 0 fully saturated rings. The number of nitrogens with one attached hydrogen (secondary N) is 1. The summed E-state index contributed by atoms with van der Waals surface area (Å²) >= 11 is 4.68. The Balaban J connectivity index is 1.55. The van der Waals surface area contributed by atoms with Crippen LogP contribution in [0.3, 0.4) is 0 Å². The van der Waals surface area contributed by atoms with Crippen molar-refractivity contribution in [2.45, 2.75) is 11.4 Å². The van der Waals surface area contributed by atoms with Gasteiger partial charge in [0, 0.05) is 15.4 Å². The standard InChI is InChI=1S/C20H12BrN3O4S2/c21-12-7-5-11(6-8-12)14-10-29-19-17(14)18(25)22-16(23-19)9-24-20(26)13-3-1-2-4-15(13)30(24,27)28/h1-8,10H,9H2,(H,22,23,25). The third-order valence-corrected chi connectivity index (χ3v) is 8.04. The summed E-state index contributed by atoms with van der Waals surface area (Å²) in [7, 11) is -3.98. The highest BCUT2D eigenvalue weighted by Crippen LogP contribution is 2.33. The smallest absolute Gasteiger partial charge is 0.269 e. The van der Waals surface area contributed by atoms with Gasteiger partial charge in [0.15, 0.2) is 0 Å². The molecule has 0 spiro atoms. The van der Waals surface area contributed by atoms with Gasteiger partial charge >= 0.3 is 0 Å². The first-order chi connectivity index (χ1) is 14.4. The van der Waals surface area contributed by atoms with Crippen molar-refractivity contribution in [3.05, 3.63) is 80.1 Å². The number of hydrogen-bond acceptors (Lipinski definition) is 6. The van der Waals surface area contributed by atoms with Crippen LogP contribution in [0, 0.1) is 0 Å². The van der Waals surface area contributed by atoms with Gasteiger partial charge in [-0.1, -0.05) is 40.2 Å². The average Bonchev–Trinajstić information content (AvgIpc) is 3.23. The number of sulfonamides is 1. The average molecular weight is 502 g/mol. The third-order valence-electron chi connectivity index (χ3n) is 4.85. The summed E-state index contributed by atoms with van der Waals surface area (Å²) in [5, 5.41) is 2.28. The van der Waals surface area contributed by atoms with Crippen LogP contribution in [0.25, 0.3) is 21.3 Å². The van der Waals surface area contributed by atoms with E-state index in [4.69, 9.17) is 0 Å². The Morgan fingerprint density at radius 2 is 1.77 bits per heavy atom. The minimum atomic E-state index is -3.98. The molecule has 10 heteroatoms. The van der Waals surface area contributed by atoms with E-state index in [1.165, 1.54) is 23.5 Å². The zero-order valence-corrected chi connectivity index (χ0v) is 18.3. The number of H-pyrrole nitrogens is 1. The van der Waals surface area contributed by atoms with E-state index in [0.717, 1.165) is 19.9 Å². The Labute approximate surface area is 183 Å². The lowest BCUT2D eigenvalue weighted by Crippen LogP contribution is -2.31. The first kappa shape index (κ1) is 19.2. The molecule has 0 saturated heterocycles. The van der Waals surface area contributed by atoms with Crippen LogP contribution in [0.1, 0.15) is 16.2 Å². The van der Waals surface area contributed by atoms with E-state index in [1.54, 1.807) is 12.1 Å². The molecule has 7 nitrogen and oxygen atoms in total. The summed E-state index contributed by atoms with van der Waals surface area (Å²) in [6.45, 7) is -0.341. The van der Waals surface area contributed by atoms with E-state index in [1.807, 2.05) is 29.6 Å². The fourth-order valence-electron chi connectivity index (χ4n) is 3.43. The van der Waals surface area contributed by atoms with E-state index in [9.17, 15) is 18.0 Å². The van der Waals surface area contributed by atoms with Crippen molar-refractivity contribution in [1.82, 2.24) is 14.3 Å². The van der Waals surface area contributed by atoms with Crippen molar-refractivity contribution < 1.29 is 13.2 Å². The topological polar surface area (TPSA) is 100 Å². The number of nitrogens with zero attached hydrogens (tertiary/aromatic N) is 2. The summed E-state index contributed by atoms with van der Waals surface area (Å²) in [5.74, 6) is -0.517.